The normalized spacial score (nSPS) is 14.6. The zero-order valence-corrected chi connectivity index (χ0v) is 11.5. The molecule has 1 aliphatic rings. The maximum atomic E-state index is 12.3. The number of para-hydroxylation sites is 1. The number of carbonyl (C=O) groups excluding carboxylic acids is 2. The molecular weight excluding hydrogens is 278 g/mol. The van der Waals surface area contributed by atoms with E-state index in [-0.39, 0.29) is 17.3 Å². The maximum Gasteiger partial charge on any atom is 0.273 e. The van der Waals surface area contributed by atoms with Crippen LogP contribution in [-0.4, -0.2) is 11.8 Å². The third kappa shape index (κ3) is 2.34. The predicted octanol–water partition coefficient (Wildman–Crippen LogP) is 2.66. The van der Waals surface area contributed by atoms with E-state index in [1.54, 1.807) is 48.5 Å². The average molecular weight is 289 g/mol. The Morgan fingerprint density at radius 3 is 2.32 bits per heavy atom. The number of anilines is 1. The summed E-state index contributed by atoms with van der Waals surface area (Å²) in [5, 5.41) is 5.26. The van der Waals surface area contributed by atoms with Gasteiger partial charge in [0.25, 0.3) is 17.5 Å². The number of hydrogen-bond acceptors (Lipinski definition) is 2. The second-order valence-corrected chi connectivity index (χ2v) is 4.66. The Balaban J connectivity index is 2.00. The van der Waals surface area contributed by atoms with Crippen molar-refractivity contribution in [2.24, 2.45) is 0 Å². The molecule has 5 heteroatoms. The molecule has 2 N–H and O–H groups in total. The van der Waals surface area contributed by atoms with Crippen molar-refractivity contribution in [2.75, 3.05) is 5.32 Å². The van der Waals surface area contributed by atoms with E-state index in [9.17, 15) is 9.59 Å². The molecule has 5 nitrogen and oxygen atoms in total. The second-order valence-electron chi connectivity index (χ2n) is 4.66. The number of nitrogens with one attached hydrogen (secondary N) is 2. The van der Waals surface area contributed by atoms with Crippen LogP contribution >= 0.6 is 0 Å². The van der Waals surface area contributed by atoms with Crippen molar-refractivity contribution >= 4 is 23.2 Å². The zero-order valence-electron chi connectivity index (χ0n) is 11.5. The Morgan fingerprint density at radius 1 is 1.00 bits per heavy atom. The van der Waals surface area contributed by atoms with Crippen LogP contribution in [0.1, 0.15) is 15.9 Å². The molecule has 0 spiro atoms. The lowest BCUT2D eigenvalue weighted by molar-refractivity contribution is -0.112. The molecule has 2 amide bonds. The smallest absolute Gasteiger partial charge is 0.273 e. The molecule has 0 saturated heterocycles. The van der Waals surface area contributed by atoms with E-state index >= 15 is 0 Å². The first-order chi connectivity index (χ1) is 10.7. The first kappa shape index (κ1) is 13.6. The van der Waals surface area contributed by atoms with Crippen LogP contribution in [0.4, 0.5) is 5.69 Å². The van der Waals surface area contributed by atoms with Gasteiger partial charge in [-0.2, -0.15) is 0 Å². The molecule has 0 unspecified atom stereocenters. The molecule has 0 bridgehead atoms. The fraction of sp³-hybridized carbons (Fsp3) is 0. The van der Waals surface area contributed by atoms with Crippen LogP contribution in [0.5, 0.6) is 0 Å². The third-order valence-corrected chi connectivity index (χ3v) is 3.27. The first-order valence-electron chi connectivity index (χ1n) is 6.59. The van der Waals surface area contributed by atoms with Gasteiger partial charge < -0.3 is 10.6 Å². The lowest BCUT2D eigenvalue weighted by Crippen LogP contribution is -2.19. The van der Waals surface area contributed by atoms with E-state index in [0.717, 1.165) is 0 Å². The Labute approximate surface area is 127 Å². The predicted molar refractivity (Wildman–Crippen MR) is 82.5 cm³/mol. The summed E-state index contributed by atoms with van der Waals surface area (Å²) >= 11 is 0. The van der Waals surface area contributed by atoms with E-state index in [0.29, 0.717) is 16.8 Å². The summed E-state index contributed by atoms with van der Waals surface area (Å²) in [6, 6.07) is 15.7. The fourth-order valence-electron chi connectivity index (χ4n) is 2.27. The summed E-state index contributed by atoms with van der Waals surface area (Å²) in [6.07, 6.45) is 0. The molecule has 0 fully saturated rings. The van der Waals surface area contributed by atoms with E-state index < -0.39 is 5.91 Å². The summed E-state index contributed by atoms with van der Waals surface area (Å²) in [7, 11) is 0. The monoisotopic (exact) mass is 289 g/mol. The van der Waals surface area contributed by atoms with Gasteiger partial charge in [-0.15, -0.1) is 0 Å². The zero-order chi connectivity index (χ0) is 15.5. The highest BCUT2D eigenvalue weighted by molar-refractivity contribution is 6.17. The van der Waals surface area contributed by atoms with Crippen molar-refractivity contribution in [2.45, 2.75) is 0 Å². The van der Waals surface area contributed by atoms with Crippen LogP contribution < -0.4 is 10.6 Å². The van der Waals surface area contributed by atoms with Gasteiger partial charge in [0.15, 0.2) is 0 Å². The summed E-state index contributed by atoms with van der Waals surface area (Å²) in [6.45, 7) is 7.28. The van der Waals surface area contributed by atoms with Crippen molar-refractivity contribution in [3.8, 4) is 0 Å². The number of amides is 2. The largest absolute Gasteiger partial charge is 0.331 e. The van der Waals surface area contributed by atoms with Gasteiger partial charge in [0.2, 0.25) is 0 Å². The minimum Gasteiger partial charge on any atom is -0.331 e. The molecule has 0 aromatic heterocycles. The maximum absolute atomic E-state index is 12.3. The van der Waals surface area contributed by atoms with Crippen LogP contribution in [0.15, 0.2) is 60.3 Å². The van der Waals surface area contributed by atoms with E-state index in [1.807, 2.05) is 6.07 Å². The Bertz CT molecular complexity index is 832. The summed E-state index contributed by atoms with van der Waals surface area (Å²) in [5.41, 5.74) is 1.74. The highest BCUT2D eigenvalue weighted by Gasteiger charge is 2.28. The lowest BCUT2D eigenvalue weighted by Gasteiger charge is -2.07. The summed E-state index contributed by atoms with van der Waals surface area (Å²) in [4.78, 5) is 27.5. The lowest BCUT2D eigenvalue weighted by atomic mass is 10.1. The van der Waals surface area contributed by atoms with Gasteiger partial charge in [-0.05, 0) is 18.2 Å². The first-order valence-corrected chi connectivity index (χ1v) is 6.59. The highest BCUT2D eigenvalue weighted by Crippen LogP contribution is 2.27. The SMILES string of the molecule is [C-]#[N+]C(C(=O)Nc1ccccc1)=C1NC(=O)c2ccccc21. The van der Waals surface area contributed by atoms with Gasteiger partial charge in [0.1, 0.15) is 0 Å². The van der Waals surface area contributed by atoms with Gasteiger partial charge in [-0.3, -0.25) is 9.59 Å². The molecule has 0 atom stereocenters. The number of nitrogens with zero attached hydrogens (tertiary/aromatic N) is 1. The molecule has 22 heavy (non-hydrogen) atoms. The Kier molecular flexibility index (Phi) is 3.42. The number of benzene rings is 2. The van der Waals surface area contributed by atoms with E-state index in [2.05, 4.69) is 15.5 Å². The van der Waals surface area contributed by atoms with Crippen LogP contribution in [0.25, 0.3) is 10.5 Å². The van der Waals surface area contributed by atoms with E-state index in [4.69, 9.17) is 6.57 Å². The molecule has 2 aromatic rings. The van der Waals surface area contributed by atoms with Crippen molar-refractivity contribution < 1.29 is 9.59 Å². The number of carbonyl (C=O) groups is 2. The highest BCUT2D eigenvalue weighted by atomic mass is 16.2. The van der Waals surface area contributed by atoms with Gasteiger partial charge in [0, 0.05) is 16.8 Å². The van der Waals surface area contributed by atoms with Crippen LogP contribution in [0.3, 0.4) is 0 Å². The number of hydrogen-bond donors (Lipinski definition) is 2. The minimum absolute atomic E-state index is 0.137. The average Bonchev–Trinajstić information content (AvgIpc) is 2.87. The molecule has 3 rings (SSSR count). The quantitative estimate of drug-likeness (QED) is 0.659. The molecule has 1 aliphatic heterocycles. The fourth-order valence-corrected chi connectivity index (χ4v) is 2.27. The van der Waals surface area contributed by atoms with Crippen molar-refractivity contribution in [1.29, 1.82) is 0 Å². The Hall–Kier alpha value is -3.39. The number of rotatable bonds is 2. The molecule has 0 saturated carbocycles. The summed E-state index contributed by atoms with van der Waals surface area (Å²) < 4.78 is 0. The van der Waals surface area contributed by atoms with E-state index in [1.165, 1.54) is 0 Å². The van der Waals surface area contributed by atoms with Crippen molar-refractivity contribution in [1.82, 2.24) is 5.32 Å². The molecule has 106 valence electrons. The molecular formula is C17H11N3O2. The van der Waals surface area contributed by atoms with Gasteiger partial charge in [0.05, 0.1) is 12.3 Å². The third-order valence-electron chi connectivity index (χ3n) is 3.27. The van der Waals surface area contributed by atoms with Crippen LogP contribution in [0, 0.1) is 6.57 Å². The summed E-state index contributed by atoms with van der Waals surface area (Å²) in [5.74, 6) is -0.854. The van der Waals surface area contributed by atoms with Crippen molar-refractivity contribution in [3.63, 3.8) is 0 Å². The van der Waals surface area contributed by atoms with Gasteiger partial charge >= 0.3 is 0 Å². The van der Waals surface area contributed by atoms with Gasteiger partial charge in [-0.25, -0.2) is 4.85 Å². The van der Waals surface area contributed by atoms with Crippen LogP contribution in [0.2, 0.25) is 0 Å². The number of fused-ring (bicyclic) bond motifs is 1. The second kappa shape index (κ2) is 5.54. The Morgan fingerprint density at radius 2 is 1.64 bits per heavy atom. The molecule has 0 radical (unpaired) electrons. The molecule has 2 aromatic carbocycles. The van der Waals surface area contributed by atoms with Crippen molar-refractivity contribution in [3.05, 3.63) is 82.8 Å². The molecule has 1 heterocycles. The topological polar surface area (TPSA) is 62.6 Å². The molecule has 0 aliphatic carbocycles. The van der Waals surface area contributed by atoms with Gasteiger partial charge in [-0.1, -0.05) is 36.4 Å². The minimum atomic E-state index is -0.548. The van der Waals surface area contributed by atoms with Crippen LogP contribution in [-0.2, 0) is 4.79 Å². The standard InChI is InChI=1S/C17H11N3O2/c1-18-15(17(22)19-11-7-3-2-4-8-11)14-12-9-5-6-10-13(12)16(21)20-14/h2-10H,(H,19,22)(H,20,21).